The van der Waals surface area contributed by atoms with Crippen molar-refractivity contribution in [3.8, 4) is 0 Å². The Balaban J connectivity index is 1.98. The molecule has 4 nitrogen and oxygen atoms in total. The van der Waals surface area contributed by atoms with E-state index >= 15 is 0 Å². The maximum absolute atomic E-state index is 10.9. The SMILES string of the molecule is CS(=O)(=O)N1CC2(COC2)C1. The zero-order chi connectivity index (χ0) is 8.11. The van der Waals surface area contributed by atoms with Gasteiger partial charge in [-0.05, 0) is 0 Å². The average Bonchev–Trinajstić information content (AvgIpc) is 1.49. The smallest absolute Gasteiger partial charge is 0.211 e. The van der Waals surface area contributed by atoms with Crippen molar-refractivity contribution in [3.05, 3.63) is 0 Å². The van der Waals surface area contributed by atoms with Gasteiger partial charge >= 0.3 is 0 Å². The Morgan fingerprint density at radius 1 is 1.36 bits per heavy atom. The van der Waals surface area contributed by atoms with Gasteiger partial charge in [-0.25, -0.2) is 12.7 Å². The first-order valence-electron chi connectivity index (χ1n) is 3.55. The first-order valence-corrected chi connectivity index (χ1v) is 5.40. The lowest BCUT2D eigenvalue weighted by Crippen LogP contribution is -2.66. The van der Waals surface area contributed by atoms with Crippen LogP contribution in [0.15, 0.2) is 0 Å². The fraction of sp³-hybridized carbons (Fsp3) is 1.00. The third-order valence-corrected chi connectivity index (χ3v) is 3.51. The van der Waals surface area contributed by atoms with Crippen LogP contribution in [-0.2, 0) is 14.8 Å². The monoisotopic (exact) mass is 177 g/mol. The molecule has 64 valence electrons. The van der Waals surface area contributed by atoms with Gasteiger partial charge in [0.2, 0.25) is 10.0 Å². The third-order valence-electron chi connectivity index (χ3n) is 2.31. The van der Waals surface area contributed by atoms with Crippen molar-refractivity contribution in [3.63, 3.8) is 0 Å². The Kier molecular flexibility index (Phi) is 1.34. The Bertz CT molecular complexity index is 260. The highest BCUT2D eigenvalue weighted by Crippen LogP contribution is 2.38. The minimum absolute atomic E-state index is 0.198. The molecule has 2 fully saturated rings. The summed E-state index contributed by atoms with van der Waals surface area (Å²) in [7, 11) is -2.94. The summed E-state index contributed by atoms with van der Waals surface area (Å²) in [5, 5.41) is 0. The molecule has 1 spiro atoms. The molecule has 0 aromatic carbocycles. The Hall–Kier alpha value is -0.130. The van der Waals surface area contributed by atoms with Crippen molar-refractivity contribution in [2.24, 2.45) is 5.41 Å². The minimum atomic E-state index is -2.94. The van der Waals surface area contributed by atoms with Gasteiger partial charge in [0.15, 0.2) is 0 Å². The number of sulfonamides is 1. The zero-order valence-electron chi connectivity index (χ0n) is 6.41. The molecule has 0 aromatic rings. The molecule has 0 bridgehead atoms. The second-order valence-corrected chi connectivity index (χ2v) is 5.51. The summed E-state index contributed by atoms with van der Waals surface area (Å²) >= 11 is 0. The summed E-state index contributed by atoms with van der Waals surface area (Å²) in [5.41, 5.74) is 0.198. The lowest BCUT2D eigenvalue weighted by Gasteiger charge is -2.53. The average molecular weight is 177 g/mol. The van der Waals surface area contributed by atoms with Gasteiger partial charge in [0.1, 0.15) is 0 Å². The third kappa shape index (κ3) is 1.07. The van der Waals surface area contributed by atoms with E-state index in [0.29, 0.717) is 13.1 Å². The van der Waals surface area contributed by atoms with Crippen molar-refractivity contribution in [1.29, 1.82) is 0 Å². The van der Waals surface area contributed by atoms with Crippen LogP contribution in [0, 0.1) is 5.41 Å². The molecule has 2 aliphatic rings. The predicted octanol–water partition coefficient (Wildman–Crippen LogP) is -0.722. The summed E-state index contributed by atoms with van der Waals surface area (Å²) in [4.78, 5) is 0. The van der Waals surface area contributed by atoms with E-state index in [1.54, 1.807) is 0 Å². The van der Waals surface area contributed by atoms with Crippen LogP contribution in [0.2, 0.25) is 0 Å². The van der Waals surface area contributed by atoms with Gasteiger partial charge in [0.25, 0.3) is 0 Å². The van der Waals surface area contributed by atoms with E-state index in [9.17, 15) is 8.42 Å². The summed E-state index contributed by atoms with van der Waals surface area (Å²) in [6.07, 6.45) is 1.25. The summed E-state index contributed by atoms with van der Waals surface area (Å²) in [6.45, 7) is 2.79. The molecule has 0 radical (unpaired) electrons. The summed E-state index contributed by atoms with van der Waals surface area (Å²) < 4.78 is 28.4. The molecule has 11 heavy (non-hydrogen) atoms. The van der Waals surface area contributed by atoms with Crippen LogP contribution >= 0.6 is 0 Å². The van der Waals surface area contributed by atoms with Crippen molar-refractivity contribution in [1.82, 2.24) is 4.31 Å². The van der Waals surface area contributed by atoms with E-state index in [1.807, 2.05) is 0 Å². The van der Waals surface area contributed by atoms with Gasteiger partial charge in [-0.2, -0.15) is 0 Å². The molecule has 0 amide bonds. The zero-order valence-corrected chi connectivity index (χ0v) is 7.23. The van der Waals surface area contributed by atoms with Crippen molar-refractivity contribution in [2.45, 2.75) is 0 Å². The van der Waals surface area contributed by atoms with Crippen LogP contribution in [0.3, 0.4) is 0 Å². The van der Waals surface area contributed by atoms with Gasteiger partial charge in [0.05, 0.1) is 19.5 Å². The van der Waals surface area contributed by atoms with Gasteiger partial charge in [-0.1, -0.05) is 0 Å². The number of rotatable bonds is 1. The van der Waals surface area contributed by atoms with E-state index in [0.717, 1.165) is 13.2 Å². The van der Waals surface area contributed by atoms with E-state index in [4.69, 9.17) is 4.74 Å². The van der Waals surface area contributed by atoms with Crippen molar-refractivity contribution < 1.29 is 13.2 Å². The van der Waals surface area contributed by atoms with Crippen LogP contribution in [0.25, 0.3) is 0 Å². The number of nitrogens with zero attached hydrogens (tertiary/aromatic N) is 1. The molecule has 0 aromatic heterocycles. The van der Waals surface area contributed by atoms with Gasteiger partial charge in [-0.3, -0.25) is 0 Å². The minimum Gasteiger partial charge on any atom is -0.380 e. The standard InChI is InChI=1S/C6H11NO3S/c1-11(8,9)7-2-6(3-7)4-10-5-6/h2-5H2,1H3. The second-order valence-electron chi connectivity index (χ2n) is 3.52. The number of hydrogen-bond acceptors (Lipinski definition) is 3. The fourth-order valence-corrected chi connectivity index (χ4v) is 2.53. The van der Waals surface area contributed by atoms with Crippen molar-refractivity contribution in [2.75, 3.05) is 32.6 Å². The van der Waals surface area contributed by atoms with Crippen molar-refractivity contribution >= 4 is 10.0 Å². The highest BCUT2D eigenvalue weighted by Gasteiger charge is 2.51. The summed E-state index contributed by atoms with van der Waals surface area (Å²) in [6, 6.07) is 0. The van der Waals surface area contributed by atoms with Gasteiger partial charge in [-0.15, -0.1) is 0 Å². The lowest BCUT2D eigenvalue weighted by atomic mass is 9.80. The first-order chi connectivity index (χ1) is 5.02. The molecule has 2 heterocycles. The van der Waals surface area contributed by atoms with Gasteiger partial charge in [0, 0.05) is 18.5 Å². The van der Waals surface area contributed by atoms with Crippen LogP contribution in [-0.4, -0.2) is 45.3 Å². The van der Waals surface area contributed by atoms with E-state index in [1.165, 1.54) is 10.6 Å². The second kappa shape index (κ2) is 1.97. The molecule has 2 aliphatic heterocycles. The predicted molar refractivity (Wildman–Crippen MR) is 39.7 cm³/mol. The fourth-order valence-electron chi connectivity index (χ4n) is 1.51. The Labute approximate surface area is 66.2 Å². The Morgan fingerprint density at radius 2 is 1.91 bits per heavy atom. The maximum atomic E-state index is 10.9. The summed E-state index contributed by atoms with van der Waals surface area (Å²) in [5.74, 6) is 0. The molecule has 0 aliphatic carbocycles. The molecule has 0 saturated carbocycles. The van der Waals surface area contributed by atoms with E-state index < -0.39 is 10.0 Å². The molecule has 5 heteroatoms. The maximum Gasteiger partial charge on any atom is 0.211 e. The topological polar surface area (TPSA) is 46.6 Å². The quantitative estimate of drug-likeness (QED) is 0.531. The number of ether oxygens (including phenoxy) is 1. The largest absolute Gasteiger partial charge is 0.380 e. The van der Waals surface area contributed by atoms with Gasteiger partial charge < -0.3 is 4.74 Å². The molecule has 0 N–H and O–H groups in total. The highest BCUT2D eigenvalue weighted by molar-refractivity contribution is 7.88. The van der Waals surface area contributed by atoms with Crippen LogP contribution in [0.5, 0.6) is 0 Å². The molecular weight excluding hydrogens is 166 g/mol. The molecular formula is C6H11NO3S. The van der Waals surface area contributed by atoms with E-state index in [-0.39, 0.29) is 5.41 Å². The molecule has 0 atom stereocenters. The molecule has 2 saturated heterocycles. The molecule has 0 unspecified atom stereocenters. The Morgan fingerprint density at radius 3 is 2.18 bits per heavy atom. The lowest BCUT2D eigenvalue weighted by molar-refractivity contribution is -0.166. The van der Waals surface area contributed by atoms with Crippen LogP contribution in [0.1, 0.15) is 0 Å². The molecule has 2 rings (SSSR count). The van der Waals surface area contributed by atoms with Crippen LogP contribution < -0.4 is 0 Å². The van der Waals surface area contributed by atoms with Crippen LogP contribution in [0.4, 0.5) is 0 Å². The number of hydrogen-bond donors (Lipinski definition) is 0. The van der Waals surface area contributed by atoms with E-state index in [2.05, 4.69) is 0 Å². The first kappa shape index (κ1) is 7.52. The highest BCUT2D eigenvalue weighted by atomic mass is 32.2. The normalized spacial score (nSPS) is 29.5.